The Labute approximate surface area is 103 Å². The summed E-state index contributed by atoms with van der Waals surface area (Å²) in [6.45, 7) is 2.05. The SMILES string of the molecule is CCc1cnccc1-c1nc(Cl)cc(Cl)n1. The van der Waals surface area contributed by atoms with Crippen LogP contribution in [-0.4, -0.2) is 15.0 Å². The third-order valence-corrected chi connectivity index (χ3v) is 2.58. The first-order chi connectivity index (χ1) is 7.70. The molecule has 82 valence electrons. The Morgan fingerprint density at radius 1 is 1.19 bits per heavy atom. The molecule has 0 aliphatic carbocycles. The zero-order valence-corrected chi connectivity index (χ0v) is 10.1. The van der Waals surface area contributed by atoms with E-state index in [1.165, 1.54) is 6.07 Å². The molecule has 0 spiro atoms. The molecular formula is C11H9Cl2N3. The Kier molecular flexibility index (Phi) is 3.36. The van der Waals surface area contributed by atoms with Gasteiger partial charge >= 0.3 is 0 Å². The molecule has 16 heavy (non-hydrogen) atoms. The minimum absolute atomic E-state index is 0.342. The maximum Gasteiger partial charge on any atom is 0.162 e. The minimum Gasteiger partial charge on any atom is -0.264 e. The predicted molar refractivity (Wildman–Crippen MR) is 64.7 cm³/mol. The van der Waals surface area contributed by atoms with Gasteiger partial charge in [-0.15, -0.1) is 0 Å². The van der Waals surface area contributed by atoms with E-state index in [-0.39, 0.29) is 0 Å². The van der Waals surface area contributed by atoms with Crippen LogP contribution in [0.5, 0.6) is 0 Å². The van der Waals surface area contributed by atoms with E-state index in [1.54, 1.807) is 12.4 Å². The molecule has 0 N–H and O–H groups in total. The summed E-state index contributed by atoms with van der Waals surface area (Å²) in [4.78, 5) is 12.4. The minimum atomic E-state index is 0.342. The summed E-state index contributed by atoms with van der Waals surface area (Å²) in [5.74, 6) is 0.539. The second-order valence-corrected chi connectivity index (χ2v) is 4.00. The van der Waals surface area contributed by atoms with Gasteiger partial charge in [-0.3, -0.25) is 4.98 Å². The predicted octanol–water partition coefficient (Wildman–Crippen LogP) is 3.41. The molecule has 0 aliphatic rings. The summed E-state index contributed by atoms with van der Waals surface area (Å²) in [5, 5.41) is 0.683. The molecule has 0 radical (unpaired) electrons. The molecule has 0 amide bonds. The summed E-state index contributed by atoms with van der Waals surface area (Å²) < 4.78 is 0. The quantitative estimate of drug-likeness (QED) is 0.771. The maximum absolute atomic E-state index is 5.84. The van der Waals surface area contributed by atoms with Crippen molar-refractivity contribution in [3.63, 3.8) is 0 Å². The average molecular weight is 254 g/mol. The topological polar surface area (TPSA) is 38.7 Å². The maximum atomic E-state index is 5.84. The van der Waals surface area contributed by atoms with Crippen molar-refractivity contribution in [2.75, 3.05) is 0 Å². The van der Waals surface area contributed by atoms with Crippen LogP contribution in [0.1, 0.15) is 12.5 Å². The number of halogens is 2. The second-order valence-electron chi connectivity index (χ2n) is 3.22. The van der Waals surface area contributed by atoms with Crippen molar-refractivity contribution >= 4 is 23.2 Å². The van der Waals surface area contributed by atoms with Gasteiger partial charge < -0.3 is 0 Å². The van der Waals surface area contributed by atoms with Gasteiger partial charge in [0.2, 0.25) is 0 Å². The van der Waals surface area contributed by atoms with Gasteiger partial charge in [-0.2, -0.15) is 0 Å². The third kappa shape index (κ3) is 2.31. The van der Waals surface area contributed by atoms with E-state index in [0.717, 1.165) is 17.5 Å². The van der Waals surface area contributed by atoms with Crippen molar-refractivity contribution in [3.8, 4) is 11.4 Å². The summed E-state index contributed by atoms with van der Waals surface area (Å²) in [6.07, 6.45) is 4.36. The van der Waals surface area contributed by atoms with Crippen molar-refractivity contribution in [3.05, 3.63) is 40.4 Å². The Balaban J connectivity index is 2.58. The number of nitrogens with zero attached hydrogens (tertiary/aromatic N) is 3. The van der Waals surface area contributed by atoms with Gasteiger partial charge in [-0.05, 0) is 18.1 Å². The van der Waals surface area contributed by atoms with Crippen LogP contribution in [0, 0.1) is 0 Å². The first kappa shape index (κ1) is 11.3. The molecule has 2 heterocycles. The fourth-order valence-corrected chi connectivity index (χ4v) is 1.86. The van der Waals surface area contributed by atoms with Crippen molar-refractivity contribution in [2.45, 2.75) is 13.3 Å². The Morgan fingerprint density at radius 3 is 2.50 bits per heavy atom. The number of aryl methyl sites for hydroxylation is 1. The zero-order chi connectivity index (χ0) is 11.5. The van der Waals surface area contributed by atoms with Gasteiger partial charge in [0.05, 0.1) is 0 Å². The van der Waals surface area contributed by atoms with Crippen LogP contribution in [0.3, 0.4) is 0 Å². The highest BCUT2D eigenvalue weighted by Gasteiger charge is 2.08. The molecule has 0 saturated carbocycles. The van der Waals surface area contributed by atoms with Crippen molar-refractivity contribution in [1.82, 2.24) is 15.0 Å². The highest BCUT2D eigenvalue weighted by molar-refractivity contribution is 6.33. The normalized spacial score (nSPS) is 10.4. The zero-order valence-electron chi connectivity index (χ0n) is 8.61. The van der Waals surface area contributed by atoms with Gasteiger partial charge in [-0.25, -0.2) is 9.97 Å². The van der Waals surface area contributed by atoms with Gasteiger partial charge in [0, 0.05) is 24.0 Å². The van der Waals surface area contributed by atoms with E-state index in [2.05, 4.69) is 15.0 Å². The molecule has 0 saturated heterocycles. The first-order valence-electron chi connectivity index (χ1n) is 4.84. The molecule has 2 rings (SSSR count). The van der Waals surface area contributed by atoms with Crippen molar-refractivity contribution < 1.29 is 0 Å². The fraction of sp³-hybridized carbons (Fsp3) is 0.182. The third-order valence-electron chi connectivity index (χ3n) is 2.19. The number of pyridine rings is 1. The lowest BCUT2D eigenvalue weighted by Gasteiger charge is -2.05. The molecule has 0 aromatic carbocycles. The Morgan fingerprint density at radius 2 is 1.88 bits per heavy atom. The molecule has 0 bridgehead atoms. The van der Waals surface area contributed by atoms with Crippen LogP contribution in [0.4, 0.5) is 0 Å². The van der Waals surface area contributed by atoms with E-state index in [9.17, 15) is 0 Å². The second kappa shape index (κ2) is 4.76. The van der Waals surface area contributed by atoms with Crippen LogP contribution < -0.4 is 0 Å². The Bertz CT molecular complexity index is 494. The van der Waals surface area contributed by atoms with Crippen LogP contribution in [-0.2, 0) is 6.42 Å². The van der Waals surface area contributed by atoms with E-state index in [4.69, 9.17) is 23.2 Å². The van der Waals surface area contributed by atoms with Gasteiger partial charge in [0.15, 0.2) is 5.82 Å². The molecule has 0 fully saturated rings. The monoisotopic (exact) mass is 253 g/mol. The highest BCUT2D eigenvalue weighted by Crippen LogP contribution is 2.23. The van der Waals surface area contributed by atoms with Crippen LogP contribution >= 0.6 is 23.2 Å². The molecular weight excluding hydrogens is 245 g/mol. The molecule has 2 aromatic rings. The average Bonchev–Trinajstić information content (AvgIpc) is 2.27. The molecule has 0 unspecified atom stereocenters. The van der Waals surface area contributed by atoms with E-state index < -0.39 is 0 Å². The van der Waals surface area contributed by atoms with E-state index in [0.29, 0.717) is 16.1 Å². The molecule has 0 atom stereocenters. The molecule has 3 nitrogen and oxygen atoms in total. The smallest absolute Gasteiger partial charge is 0.162 e. The summed E-state index contributed by atoms with van der Waals surface area (Å²) in [6, 6.07) is 3.38. The lowest BCUT2D eigenvalue weighted by molar-refractivity contribution is 1.08. The summed E-state index contributed by atoms with van der Waals surface area (Å²) in [7, 11) is 0. The number of rotatable bonds is 2. The summed E-state index contributed by atoms with van der Waals surface area (Å²) >= 11 is 11.7. The van der Waals surface area contributed by atoms with Crippen molar-refractivity contribution in [1.29, 1.82) is 0 Å². The largest absolute Gasteiger partial charge is 0.264 e. The van der Waals surface area contributed by atoms with Gasteiger partial charge in [0.1, 0.15) is 10.3 Å². The van der Waals surface area contributed by atoms with E-state index in [1.807, 2.05) is 13.0 Å². The van der Waals surface area contributed by atoms with Gasteiger partial charge in [-0.1, -0.05) is 30.1 Å². The fourth-order valence-electron chi connectivity index (χ4n) is 1.44. The highest BCUT2D eigenvalue weighted by atomic mass is 35.5. The van der Waals surface area contributed by atoms with Crippen LogP contribution in [0.25, 0.3) is 11.4 Å². The standard InChI is InChI=1S/C11H9Cl2N3/c1-2-7-6-14-4-3-8(7)11-15-9(12)5-10(13)16-11/h3-6H,2H2,1H3. The first-order valence-corrected chi connectivity index (χ1v) is 5.59. The van der Waals surface area contributed by atoms with Crippen molar-refractivity contribution in [2.24, 2.45) is 0 Å². The summed E-state index contributed by atoms with van der Waals surface area (Å²) in [5.41, 5.74) is 1.99. The van der Waals surface area contributed by atoms with E-state index >= 15 is 0 Å². The molecule has 5 heteroatoms. The molecule has 2 aromatic heterocycles. The number of aromatic nitrogens is 3. The van der Waals surface area contributed by atoms with Gasteiger partial charge in [0.25, 0.3) is 0 Å². The lowest BCUT2D eigenvalue weighted by Crippen LogP contribution is -1.95. The number of hydrogen-bond donors (Lipinski definition) is 0. The lowest BCUT2D eigenvalue weighted by atomic mass is 10.1. The number of hydrogen-bond acceptors (Lipinski definition) is 3. The van der Waals surface area contributed by atoms with Crippen LogP contribution in [0.2, 0.25) is 10.3 Å². The Hall–Kier alpha value is -1.19. The molecule has 0 aliphatic heterocycles. The van der Waals surface area contributed by atoms with Crippen LogP contribution in [0.15, 0.2) is 24.5 Å².